The summed E-state index contributed by atoms with van der Waals surface area (Å²) in [5.41, 5.74) is 6.15. The third-order valence-electron chi connectivity index (χ3n) is 7.93. The smallest absolute Gasteiger partial charge is 0.332 e. The van der Waals surface area contributed by atoms with Crippen molar-refractivity contribution in [3.8, 4) is 0 Å². The number of benzene rings is 4. The number of anilines is 2. The third-order valence-corrected chi connectivity index (χ3v) is 7.93. The minimum absolute atomic E-state index is 0.299. The highest BCUT2D eigenvalue weighted by Crippen LogP contribution is 2.44. The molecular weight excluding hydrogens is 519 g/mol. The number of hydrogen-bond donors (Lipinski definition) is 2. The van der Waals surface area contributed by atoms with Gasteiger partial charge in [-0.3, -0.25) is 14.5 Å². The fraction of sp³-hybridized carbons (Fsp3) is 0.121. The van der Waals surface area contributed by atoms with Crippen LogP contribution in [0.4, 0.5) is 20.6 Å². The van der Waals surface area contributed by atoms with Crippen LogP contribution in [0.5, 0.6) is 0 Å². The van der Waals surface area contributed by atoms with E-state index >= 15 is 0 Å². The van der Waals surface area contributed by atoms with Crippen LogP contribution < -0.4 is 10.2 Å². The van der Waals surface area contributed by atoms with Crippen molar-refractivity contribution in [1.29, 1.82) is 0 Å². The van der Waals surface area contributed by atoms with Gasteiger partial charge in [-0.2, -0.15) is 0 Å². The van der Waals surface area contributed by atoms with Crippen LogP contribution in [0.2, 0.25) is 0 Å². The molecule has 7 rings (SSSR count). The number of nitrogens with zero attached hydrogens (tertiary/aromatic N) is 2. The van der Waals surface area contributed by atoms with E-state index in [1.165, 1.54) is 29.2 Å². The first-order chi connectivity index (χ1) is 19.9. The van der Waals surface area contributed by atoms with Crippen LogP contribution in [0.1, 0.15) is 38.8 Å². The average molecular weight is 545 g/mol. The van der Waals surface area contributed by atoms with Crippen molar-refractivity contribution in [3.63, 3.8) is 0 Å². The fourth-order valence-electron chi connectivity index (χ4n) is 5.91. The van der Waals surface area contributed by atoms with Crippen LogP contribution in [0.25, 0.3) is 10.9 Å². The molecule has 0 aliphatic carbocycles. The monoisotopic (exact) mass is 544 g/mol. The fourth-order valence-corrected chi connectivity index (χ4v) is 5.91. The van der Waals surface area contributed by atoms with Gasteiger partial charge in [0.05, 0.1) is 5.69 Å². The number of hydrogen-bond acceptors (Lipinski definition) is 3. The van der Waals surface area contributed by atoms with E-state index in [1.54, 1.807) is 29.2 Å². The number of aromatic amines is 1. The summed E-state index contributed by atoms with van der Waals surface area (Å²) in [7, 11) is 0. The summed E-state index contributed by atoms with van der Waals surface area (Å²) in [5.74, 6) is -1.08. The minimum Gasteiger partial charge on any atom is -0.356 e. The normalized spacial score (nSPS) is 18.0. The van der Waals surface area contributed by atoms with Crippen molar-refractivity contribution in [1.82, 2.24) is 9.88 Å². The molecular formula is C33H25FN4O3. The Morgan fingerprint density at radius 1 is 0.902 bits per heavy atom. The number of aryl methyl sites for hydroxylation is 1. The number of aromatic nitrogens is 1. The Labute approximate surface area is 235 Å². The molecule has 0 spiro atoms. The zero-order valence-corrected chi connectivity index (χ0v) is 22.1. The molecule has 1 aromatic heterocycles. The lowest BCUT2D eigenvalue weighted by Crippen LogP contribution is -2.44. The molecule has 4 aromatic carbocycles. The van der Waals surface area contributed by atoms with Gasteiger partial charge in [-0.1, -0.05) is 48.0 Å². The van der Waals surface area contributed by atoms with Gasteiger partial charge < -0.3 is 10.3 Å². The molecule has 3 heterocycles. The predicted octanol–water partition coefficient (Wildman–Crippen LogP) is 6.35. The van der Waals surface area contributed by atoms with Gasteiger partial charge in [0, 0.05) is 34.3 Å². The summed E-state index contributed by atoms with van der Waals surface area (Å²) < 4.78 is 13.2. The number of H-pyrrole nitrogens is 1. The molecule has 2 atom stereocenters. The van der Waals surface area contributed by atoms with Crippen molar-refractivity contribution in [2.24, 2.45) is 0 Å². The zero-order chi connectivity index (χ0) is 28.2. The van der Waals surface area contributed by atoms with Crippen molar-refractivity contribution >= 4 is 40.1 Å². The van der Waals surface area contributed by atoms with Crippen LogP contribution in [0.15, 0.2) is 97.1 Å². The Morgan fingerprint density at radius 2 is 1.61 bits per heavy atom. The lowest BCUT2D eigenvalue weighted by molar-refractivity contribution is -0.120. The van der Waals surface area contributed by atoms with Gasteiger partial charge in [0.25, 0.3) is 11.8 Å². The number of imide groups is 1. The highest BCUT2D eigenvalue weighted by atomic mass is 19.1. The van der Waals surface area contributed by atoms with Crippen molar-refractivity contribution in [2.45, 2.75) is 25.4 Å². The number of carbonyl (C=O) groups is 3. The Bertz CT molecular complexity index is 1830. The molecule has 41 heavy (non-hydrogen) atoms. The van der Waals surface area contributed by atoms with E-state index in [1.807, 2.05) is 55.5 Å². The Morgan fingerprint density at radius 3 is 2.34 bits per heavy atom. The lowest BCUT2D eigenvalue weighted by Gasteiger charge is -2.36. The molecule has 0 bridgehead atoms. The van der Waals surface area contributed by atoms with Crippen LogP contribution >= 0.6 is 0 Å². The molecule has 4 amide bonds. The molecule has 5 aromatic rings. The van der Waals surface area contributed by atoms with Crippen molar-refractivity contribution in [2.75, 3.05) is 10.2 Å². The van der Waals surface area contributed by atoms with Crippen LogP contribution in [0.3, 0.4) is 0 Å². The van der Waals surface area contributed by atoms with Gasteiger partial charge in [0.1, 0.15) is 17.9 Å². The molecule has 0 saturated carbocycles. The third kappa shape index (κ3) is 4.07. The molecule has 7 nitrogen and oxygen atoms in total. The number of halogens is 1. The summed E-state index contributed by atoms with van der Waals surface area (Å²) in [6.07, 6.45) is 0.404. The van der Waals surface area contributed by atoms with Gasteiger partial charge in [-0.25, -0.2) is 14.1 Å². The Balaban J connectivity index is 1.23. The minimum atomic E-state index is -0.665. The molecule has 0 unspecified atom stereocenters. The van der Waals surface area contributed by atoms with E-state index in [-0.39, 0.29) is 11.8 Å². The molecule has 2 aliphatic heterocycles. The first kappa shape index (κ1) is 24.8. The van der Waals surface area contributed by atoms with Crippen LogP contribution in [-0.2, 0) is 11.2 Å². The summed E-state index contributed by atoms with van der Waals surface area (Å²) in [5, 5.41) is 3.77. The lowest BCUT2D eigenvalue weighted by atomic mass is 9.88. The quantitative estimate of drug-likeness (QED) is 0.259. The number of carbonyl (C=O) groups excluding carboxylic acids is 3. The number of para-hydroxylation sites is 1. The standard InChI is InChI=1S/C33H25FN4O3/c1-19-6-8-20(9-7-19)30-29-26(25-4-2-3-5-27(25)36-29)18-28-32(40)37(33(41)38(28)30)24-16-10-21(11-17-24)31(39)35-23-14-12-22(34)13-15-23/h2-17,28,30,36H,18H2,1H3,(H,35,39)/t28-,30-/m0/s1. The first-order valence-electron chi connectivity index (χ1n) is 13.4. The van der Waals surface area contributed by atoms with Crippen LogP contribution in [-0.4, -0.2) is 33.8 Å². The van der Waals surface area contributed by atoms with E-state index in [9.17, 15) is 18.8 Å². The molecule has 8 heteroatoms. The maximum absolute atomic E-state index is 14.0. The number of fused-ring (bicyclic) bond motifs is 4. The number of nitrogens with one attached hydrogen (secondary N) is 2. The van der Waals surface area contributed by atoms with E-state index < -0.39 is 23.9 Å². The SMILES string of the molecule is Cc1ccc([C@H]2c3[nH]c4ccccc4c3C[C@H]3C(=O)N(c4ccc(C(=O)Nc5ccc(F)cc5)cc4)C(=O)N23)cc1. The topological polar surface area (TPSA) is 85.5 Å². The maximum atomic E-state index is 14.0. The van der Waals surface area contributed by atoms with E-state index in [4.69, 9.17) is 0 Å². The number of amides is 4. The second-order valence-corrected chi connectivity index (χ2v) is 10.5. The Kier molecular flexibility index (Phi) is 5.71. The first-order valence-corrected chi connectivity index (χ1v) is 13.4. The van der Waals surface area contributed by atoms with Gasteiger partial charge >= 0.3 is 6.03 Å². The average Bonchev–Trinajstić information content (AvgIpc) is 3.48. The van der Waals surface area contributed by atoms with E-state index in [2.05, 4.69) is 10.3 Å². The second-order valence-electron chi connectivity index (χ2n) is 10.5. The molecule has 1 saturated heterocycles. The molecule has 202 valence electrons. The number of urea groups is 1. The maximum Gasteiger partial charge on any atom is 0.332 e. The van der Waals surface area contributed by atoms with Gasteiger partial charge in [-0.15, -0.1) is 0 Å². The van der Waals surface area contributed by atoms with Crippen molar-refractivity contribution < 1.29 is 18.8 Å². The van der Waals surface area contributed by atoms with Gasteiger partial charge in [0.15, 0.2) is 0 Å². The summed E-state index contributed by atoms with van der Waals surface area (Å²) in [4.78, 5) is 47.1. The summed E-state index contributed by atoms with van der Waals surface area (Å²) >= 11 is 0. The van der Waals surface area contributed by atoms with E-state index in [0.29, 0.717) is 23.4 Å². The predicted molar refractivity (Wildman–Crippen MR) is 154 cm³/mol. The summed E-state index contributed by atoms with van der Waals surface area (Å²) in [6.45, 7) is 2.01. The molecule has 2 N–H and O–H groups in total. The second kappa shape index (κ2) is 9.45. The van der Waals surface area contributed by atoms with Crippen LogP contribution in [0, 0.1) is 12.7 Å². The summed E-state index contributed by atoms with van der Waals surface area (Å²) in [6, 6.07) is 26.3. The van der Waals surface area contributed by atoms with Gasteiger partial charge in [0.2, 0.25) is 0 Å². The number of rotatable bonds is 4. The van der Waals surface area contributed by atoms with Gasteiger partial charge in [-0.05, 0) is 72.6 Å². The highest BCUT2D eigenvalue weighted by molar-refractivity contribution is 6.22. The molecule has 2 aliphatic rings. The molecule has 1 fully saturated rings. The largest absolute Gasteiger partial charge is 0.356 e. The molecule has 0 radical (unpaired) electrons. The Hall–Kier alpha value is -5.24. The zero-order valence-electron chi connectivity index (χ0n) is 22.1. The van der Waals surface area contributed by atoms with Crippen molar-refractivity contribution in [3.05, 3.63) is 131 Å². The van der Waals surface area contributed by atoms with E-state index in [0.717, 1.165) is 33.3 Å². The highest BCUT2D eigenvalue weighted by Gasteiger charge is 2.53.